The van der Waals surface area contributed by atoms with E-state index in [1.807, 2.05) is 18.2 Å². The summed E-state index contributed by atoms with van der Waals surface area (Å²) in [6.07, 6.45) is 1.85. The van der Waals surface area contributed by atoms with E-state index in [1.54, 1.807) is 7.11 Å². The molecule has 0 heterocycles. The molecule has 0 saturated heterocycles. The van der Waals surface area contributed by atoms with Crippen molar-refractivity contribution in [1.29, 1.82) is 0 Å². The van der Waals surface area contributed by atoms with Crippen molar-refractivity contribution in [3.8, 4) is 5.75 Å². The van der Waals surface area contributed by atoms with Crippen molar-refractivity contribution in [2.75, 3.05) is 20.3 Å². The summed E-state index contributed by atoms with van der Waals surface area (Å²) >= 11 is 0. The lowest BCUT2D eigenvalue weighted by atomic mass is 10.1. The third kappa shape index (κ3) is 3.83. The molecule has 0 bridgehead atoms. The van der Waals surface area contributed by atoms with Crippen molar-refractivity contribution in [3.05, 3.63) is 29.8 Å². The number of hydrogen-bond donors (Lipinski definition) is 2. The zero-order valence-corrected chi connectivity index (χ0v) is 10.1. The molecule has 0 aliphatic rings. The minimum atomic E-state index is 0.269. The van der Waals surface area contributed by atoms with Gasteiger partial charge in [0, 0.05) is 18.2 Å². The summed E-state index contributed by atoms with van der Waals surface area (Å²) in [6.45, 7) is 3.31. The van der Waals surface area contributed by atoms with Gasteiger partial charge in [0.25, 0.3) is 0 Å². The Balaban J connectivity index is 2.48. The molecule has 0 unspecified atom stereocenters. The van der Waals surface area contributed by atoms with E-state index < -0.39 is 0 Å². The molecule has 1 rings (SSSR count). The smallest absolute Gasteiger partial charge is 0.123 e. The molecule has 0 saturated carbocycles. The Morgan fingerprint density at radius 1 is 1.31 bits per heavy atom. The summed E-state index contributed by atoms with van der Waals surface area (Å²) < 4.78 is 5.31. The van der Waals surface area contributed by atoms with Crippen molar-refractivity contribution in [2.24, 2.45) is 0 Å². The Morgan fingerprint density at radius 3 is 2.75 bits per heavy atom. The van der Waals surface area contributed by atoms with Crippen molar-refractivity contribution < 1.29 is 9.84 Å². The van der Waals surface area contributed by atoms with Crippen LogP contribution in [0.15, 0.2) is 24.3 Å². The molecule has 1 aromatic rings. The van der Waals surface area contributed by atoms with E-state index >= 15 is 0 Å². The standard InChI is InChI=1S/C13H21NO2/c1-11(14-9-5-6-10-15)12-7-3-4-8-13(12)16-2/h3-4,7-8,11,14-15H,5-6,9-10H2,1-2H3/t11-/m1/s1. The number of aliphatic hydroxyl groups excluding tert-OH is 1. The van der Waals surface area contributed by atoms with Crippen LogP contribution in [0.5, 0.6) is 5.75 Å². The number of unbranched alkanes of at least 4 members (excludes halogenated alkanes) is 1. The molecule has 2 N–H and O–H groups in total. The lowest BCUT2D eigenvalue weighted by molar-refractivity contribution is 0.282. The van der Waals surface area contributed by atoms with Gasteiger partial charge in [0.1, 0.15) is 5.75 Å². The van der Waals surface area contributed by atoms with Crippen LogP contribution in [-0.2, 0) is 0 Å². The van der Waals surface area contributed by atoms with E-state index in [-0.39, 0.29) is 12.6 Å². The Labute approximate surface area is 97.4 Å². The van der Waals surface area contributed by atoms with E-state index in [4.69, 9.17) is 9.84 Å². The normalized spacial score (nSPS) is 12.4. The maximum Gasteiger partial charge on any atom is 0.123 e. The van der Waals surface area contributed by atoms with Crippen LogP contribution < -0.4 is 10.1 Å². The number of para-hydroxylation sites is 1. The van der Waals surface area contributed by atoms with Gasteiger partial charge >= 0.3 is 0 Å². The van der Waals surface area contributed by atoms with Gasteiger partial charge in [0.15, 0.2) is 0 Å². The van der Waals surface area contributed by atoms with Gasteiger partial charge in [-0.25, -0.2) is 0 Å². The number of aliphatic hydroxyl groups is 1. The van der Waals surface area contributed by atoms with E-state index in [0.717, 1.165) is 25.1 Å². The first kappa shape index (κ1) is 13.0. The first-order valence-corrected chi connectivity index (χ1v) is 5.76. The minimum Gasteiger partial charge on any atom is -0.496 e. The van der Waals surface area contributed by atoms with Crippen molar-refractivity contribution >= 4 is 0 Å². The summed E-state index contributed by atoms with van der Waals surface area (Å²) in [6, 6.07) is 8.31. The van der Waals surface area contributed by atoms with Crippen LogP contribution in [0.25, 0.3) is 0 Å². The molecule has 1 atom stereocenters. The Kier molecular flexibility index (Phi) is 5.90. The molecule has 0 aliphatic carbocycles. The highest BCUT2D eigenvalue weighted by atomic mass is 16.5. The average molecular weight is 223 g/mol. The minimum absolute atomic E-state index is 0.269. The van der Waals surface area contributed by atoms with Crippen molar-refractivity contribution in [1.82, 2.24) is 5.32 Å². The second-order valence-corrected chi connectivity index (χ2v) is 3.85. The molecule has 0 aromatic heterocycles. The van der Waals surface area contributed by atoms with Gasteiger partial charge in [-0.2, -0.15) is 0 Å². The lowest BCUT2D eigenvalue weighted by Gasteiger charge is -2.17. The quantitative estimate of drug-likeness (QED) is 0.696. The van der Waals surface area contributed by atoms with Gasteiger partial charge in [-0.15, -0.1) is 0 Å². The third-order valence-electron chi connectivity index (χ3n) is 2.64. The van der Waals surface area contributed by atoms with Crippen LogP contribution in [0.3, 0.4) is 0 Å². The summed E-state index contributed by atoms with van der Waals surface area (Å²) in [4.78, 5) is 0. The summed E-state index contributed by atoms with van der Waals surface area (Å²) in [5.41, 5.74) is 1.17. The SMILES string of the molecule is COc1ccccc1[C@@H](C)NCCCCO. The molecule has 0 aliphatic heterocycles. The van der Waals surface area contributed by atoms with E-state index in [9.17, 15) is 0 Å². The highest BCUT2D eigenvalue weighted by Gasteiger charge is 2.09. The van der Waals surface area contributed by atoms with E-state index in [1.165, 1.54) is 5.56 Å². The maximum atomic E-state index is 8.68. The number of benzene rings is 1. The van der Waals surface area contributed by atoms with Crippen molar-refractivity contribution in [2.45, 2.75) is 25.8 Å². The van der Waals surface area contributed by atoms with Gasteiger partial charge in [-0.1, -0.05) is 18.2 Å². The third-order valence-corrected chi connectivity index (χ3v) is 2.64. The van der Waals surface area contributed by atoms with Gasteiger partial charge in [-0.3, -0.25) is 0 Å². The Morgan fingerprint density at radius 2 is 2.06 bits per heavy atom. The van der Waals surface area contributed by atoms with Gasteiger partial charge < -0.3 is 15.2 Å². The van der Waals surface area contributed by atoms with Gasteiger partial charge in [-0.05, 0) is 32.4 Å². The summed E-state index contributed by atoms with van der Waals surface area (Å²) in [5.74, 6) is 0.921. The molecular weight excluding hydrogens is 202 g/mol. The van der Waals surface area contributed by atoms with Crippen molar-refractivity contribution in [3.63, 3.8) is 0 Å². The van der Waals surface area contributed by atoms with Crippen LogP contribution >= 0.6 is 0 Å². The predicted molar refractivity (Wildman–Crippen MR) is 65.7 cm³/mol. The molecule has 0 radical (unpaired) electrons. The molecule has 3 heteroatoms. The molecule has 90 valence electrons. The average Bonchev–Trinajstić information content (AvgIpc) is 2.34. The largest absolute Gasteiger partial charge is 0.496 e. The highest BCUT2D eigenvalue weighted by molar-refractivity contribution is 5.35. The molecule has 0 fully saturated rings. The Hall–Kier alpha value is -1.06. The molecule has 1 aromatic carbocycles. The Bertz CT molecular complexity index is 302. The number of rotatable bonds is 7. The molecule has 0 amide bonds. The number of methoxy groups -OCH3 is 1. The zero-order valence-electron chi connectivity index (χ0n) is 10.1. The van der Waals surface area contributed by atoms with Gasteiger partial charge in [0.2, 0.25) is 0 Å². The van der Waals surface area contributed by atoms with Crippen LogP contribution in [0.1, 0.15) is 31.4 Å². The maximum absolute atomic E-state index is 8.68. The molecule has 16 heavy (non-hydrogen) atoms. The lowest BCUT2D eigenvalue weighted by Crippen LogP contribution is -2.20. The van der Waals surface area contributed by atoms with Gasteiger partial charge in [0.05, 0.1) is 7.11 Å². The first-order valence-electron chi connectivity index (χ1n) is 5.76. The van der Waals surface area contributed by atoms with Crippen LogP contribution in [0.2, 0.25) is 0 Å². The fourth-order valence-electron chi connectivity index (χ4n) is 1.69. The number of nitrogens with one attached hydrogen (secondary N) is 1. The first-order chi connectivity index (χ1) is 7.79. The predicted octanol–water partition coefficient (Wildman–Crippen LogP) is 2.12. The fourth-order valence-corrected chi connectivity index (χ4v) is 1.69. The van der Waals surface area contributed by atoms with Crippen LogP contribution in [-0.4, -0.2) is 25.4 Å². The van der Waals surface area contributed by atoms with E-state index in [0.29, 0.717) is 0 Å². The van der Waals surface area contributed by atoms with E-state index in [2.05, 4.69) is 18.3 Å². The molecule has 3 nitrogen and oxygen atoms in total. The van der Waals surface area contributed by atoms with Crippen LogP contribution in [0, 0.1) is 0 Å². The second kappa shape index (κ2) is 7.25. The second-order valence-electron chi connectivity index (χ2n) is 3.85. The summed E-state index contributed by atoms with van der Waals surface area (Å²) in [5, 5.41) is 12.1. The van der Waals surface area contributed by atoms with Crippen LogP contribution in [0.4, 0.5) is 0 Å². The topological polar surface area (TPSA) is 41.5 Å². The zero-order chi connectivity index (χ0) is 11.8. The monoisotopic (exact) mass is 223 g/mol. The number of ether oxygens (including phenoxy) is 1. The molecular formula is C13H21NO2. The summed E-state index contributed by atoms with van der Waals surface area (Å²) in [7, 11) is 1.69. The highest BCUT2D eigenvalue weighted by Crippen LogP contribution is 2.24. The fraction of sp³-hybridized carbons (Fsp3) is 0.538. The number of hydrogen-bond acceptors (Lipinski definition) is 3. The molecule has 0 spiro atoms.